The molecule has 3 N–H and O–H groups in total. The van der Waals surface area contributed by atoms with Gasteiger partial charge in [0.15, 0.2) is 0 Å². The number of hydrogen-bond donors (Lipinski definition) is 2. The van der Waals surface area contributed by atoms with Gasteiger partial charge in [0.1, 0.15) is 0 Å². The molecule has 0 fully saturated rings. The Bertz CT molecular complexity index is 242. The Morgan fingerprint density at radius 2 is 1.62 bits per heavy atom. The third-order valence-electron chi connectivity index (χ3n) is 1.70. The third kappa shape index (κ3) is 23.4. The van der Waals surface area contributed by atoms with E-state index < -0.39 is 10.1 Å². The molecular formula is C10H22FNO3S. The summed E-state index contributed by atoms with van der Waals surface area (Å²) < 4.78 is 40.3. The maximum Gasteiger partial charge on any atom is 0.264 e. The number of unbranched alkanes of at least 4 members (excludes halogenated alkanes) is 4. The van der Waals surface area contributed by atoms with E-state index in [1.165, 1.54) is 0 Å². The summed E-state index contributed by atoms with van der Waals surface area (Å²) in [7, 11) is -3.79. The fraction of sp³-hybridized carbons (Fsp3) is 0.800. The molecule has 4 nitrogen and oxygen atoms in total. The number of rotatable bonds is 8. The molecular weight excluding hydrogens is 233 g/mol. The molecule has 0 saturated carbocycles. The predicted octanol–water partition coefficient (Wildman–Crippen LogP) is 1.93. The summed E-state index contributed by atoms with van der Waals surface area (Å²) in [5, 5.41) is 0. The molecule has 0 atom stereocenters. The molecule has 0 radical (unpaired) electrons. The zero-order valence-electron chi connectivity index (χ0n) is 9.57. The van der Waals surface area contributed by atoms with E-state index in [0.29, 0.717) is 19.4 Å². The van der Waals surface area contributed by atoms with Gasteiger partial charge in [-0.05, 0) is 12.8 Å². The van der Waals surface area contributed by atoms with Crippen LogP contribution in [0.2, 0.25) is 0 Å². The summed E-state index contributed by atoms with van der Waals surface area (Å²) in [6, 6.07) is 0. The summed E-state index contributed by atoms with van der Waals surface area (Å²) in [5.41, 5.74) is 4.91. The zero-order chi connectivity index (χ0) is 12.9. The van der Waals surface area contributed by atoms with Crippen LogP contribution in [0.5, 0.6) is 0 Å². The number of halogens is 1. The van der Waals surface area contributed by atoms with E-state index in [1.54, 1.807) is 6.08 Å². The van der Waals surface area contributed by atoms with Gasteiger partial charge in [-0.25, -0.2) is 0 Å². The Morgan fingerprint density at radius 3 is 2.00 bits per heavy atom. The number of alkyl halides is 1. The molecule has 0 spiro atoms. The summed E-state index contributed by atoms with van der Waals surface area (Å²) in [6.45, 7) is 3.63. The summed E-state index contributed by atoms with van der Waals surface area (Å²) >= 11 is 0. The average Bonchev–Trinajstić information content (AvgIpc) is 2.22. The second-order valence-electron chi connectivity index (χ2n) is 3.27. The van der Waals surface area contributed by atoms with Crippen LogP contribution in [0, 0.1) is 0 Å². The number of hydrogen-bond acceptors (Lipinski definition) is 3. The molecule has 16 heavy (non-hydrogen) atoms. The molecule has 0 aromatic carbocycles. The highest BCUT2D eigenvalue weighted by Gasteiger charge is 2.02. The summed E-state index contributed by atoms with van der Waals surface area (Å²) in [4.78, 5) is 0. The van der Waals surface area contributed by atoms with E-state index in [1.807, 2.05) is 0 Å². The topological polar surface area (TPSA) is 80.4 Å². The van der Waals surface area contributed by atoms with Gasteiger partial charge in [0, 0.05) is 6.54 Å². The van der Waals surface area contributed by atoms with Crippen LogP contribution in [-0.4, -0.2) is 31.9 Å². The van der Waals surface area contributed by atoms with Crippen molar-refractivity contribution >= 4 is 10.1 Å². The van der Waals surface area contributed by atoms with E-state index in [9.17, 15) is 12.8 Å². The van der Waals surface area contributed by atoms with Crippen molar-refractivity contribution in [1.82, 2.24) is 0 Å². The van der Waals surface area contributed by atoms with Crippen LogP contribution in [0.25, 0.3) is 0 Å². The van der Waals surface area contributed by atoms with Crippen LogP contribution in [0.3, 0.4) is 0 Å². The molecule has 0 aliphatic carbocycles. The predicted molar refractivity (Wildman–Crippen MR) is 64.7 cm³/mol. The van der Waals surface area contributed by atoms with Gasteiger partial charge in [-0.2, -0.15) is 8.42 Å². The molecule has 0 rings (SSSR count). The van der Waals surface area contributed by atoms with E-state index in [4.69, 9.17) is 10.3 Å². The van der Waals surface area contributed by atoms with Crippen molar-refractivity contribution < 1.29 is 17.4 Å². The van der Waals surface area contributed by atoms with Crippen LogP contribution >= 0.6 is 0 Å². The second-order valence-corrected chi connectivity index (χ2v) is 4.84. The van der Waals surface area contributed by atoms with Crippen molar-refractivity contribution in [1.29, 1.82) is 0 Å². The normalized spacial score (nSPS) is 10.4. The lowest BCUT2D eigenvalue weighted by Gasteiger charge is -1.97. The Hall–Kier alpha value is -0.460. The molecule has 0 heterocycles. The first-order valence-electron chi connectivity index (χ1n) is 5.30. The minimum absolute atomic E-state index is 0.178. The van der Waals surface area contributed by atoms with E-state index >= 15 is 0 Å². The molecule has 0 aromatic heterocycles. The van der Waals surface area contributed by atoms with Crippen LogP contribution in [0.4, 0.5) is 4.39 Å². The Morgan fingerprint density at radius 1 is 1.19 bits per heavy atom. The highest BCUT2D eigenvalue weighted by atomic mass is 32.2. The molecule has 0 aromatic rings. The SMILES string of the molecule is C=CCN.O=S(=O)(O)CCCCCCCF. The molecule has 0 aliphatic heterocycles. The van der Waals surface area contributed by atoms with Crippen LogP contribution in [0.15, 0.2) is 12.7 Å². The maximum atomic E-state index is 11.6. The minimum atomic E-state index is -3.79. The monoisotopic (exact) mass is 255 g/mol. The Kier molecular flexibility index (Phi) is 14.1. The molecule has 0 unspecified atom stereocenters. The lowest BCUT2D eigenvalue weighted by atomic mass is 10.2. The van der Waals surface area contributed by atoms with Crippen LogP contribution < -0.4 is 5.73 Å². The van der Waals surface area contributed by atoms with Gasteiger partial charge >= 0.3 is 0 Å². The molecule has 0 bridgehead atoms. The zero-order valence-corrected chi connectivity index (χ0v) is 10.4. The van der Waals surface area contributed by atoms with Crippen molar-refractivity contribution in [2.45, 2.75) is 32.1 Å². The first-order valence-corrected chi connectivity index (χ1v) is 6.91. The lowest BCUT2D eigenvalue weighted by Crippen LogP contribution is -2.03. The maximum absolute atomic E-state index is 11.6. The van der Waals surface area contributed by atoms with Gasteiger partial charge in [-0.1, -0.05) is 25.3 Å². The minimum Gasteiger partial charge on any atom is -0.327 e. The molecule has 0 aliphatic rings. The third-order valence-corrected chi connectivity index (χ3v) is 2.51. The Balaban J connectivity index is 0. The van der Waals surface area contributed by atoms with Gasteiger partial charge in [0.25, 0.3) is 10.1 Å². The van der Waals surface area contributed by atoms with Crippen molar-refractivity contribution in [2.75, 3.05) is 19.0 Å². The first kappa shape index (κ1) is 17.9. The van der Waals surface area contributed by atoms with Crippen molar-refractivity contribution in [3.05, 3.63) is 12.7 Å². The van der Waals surface area contributed by atoms with Gasteiger partial charge in [0.05, 0.1) is 12.4 Å². The largest absolute Gasteiger partial charge is 0.327 e. The van der Waals surface area contributed by atoms with E-state index in [-0.39, 0.29) is 12.4 Å². The molecule has 0 saturated heterocycles. The summed E-state index contributed by atoms with van der Waals surface area (Å²) in [6.07, 6.45) is 5.03. The highest BCUT2D eigenvalue weighted by Crippen LogP contribution is 2.04. The van der Waals surface area contributed by atoms with Crippen LogP contribution in [-0.2, 0) is 10.1 Å². The Labute approximate surface area is 97.5 Å². The average molecular weight is 255 g/mol. The van der Waals surface area contributed by atoms with Crippen LogP contribution in [0.1, 0.15) is 32.1 Å². The molecule has 98 valence electrons. The standard InChI is InChI=1S/C7H15FO3S.C3H7N/c8-6-4-2-1-3-5-7-12(9,10)11;1-2-3-4/h1-7H2,(H,9,10,11);2H,1,3-4H2. The first-order chi connectivity index (χ1) is 7.47. The highest BCUT2D eigenvalue weighted by molar-refractivity contribution is 7.85. The fourth-order valence-electron chi connectivity index (χ4n) is 0.909. The van der Waals surface area contributed by atoms with Crippen molar-refractivity contribution in [3.63, 3.8) is 0 Å². The molecule has 0 amide bonds. The quantitative estimate of drug-likeness (QED) is 0.394. The molecule has 6 heteroatoms. The smallest absolute Gasteiger partial charge is 0.264 e. The lowest BCUT2D eigenvalue weighted by molar-refractivity contribution is 0.450. The summed E-state index contributed by atoms with van der Waals surface area (Å²) in [5.74, 6) is -0.178. The number of nitrogens with two attached hydrogens (primary N) is 1. The van der Waals surface area contributed by atoms with Gasteiger partial charge in [-0.3, -0.25) is 8.94 Å². The van der Waals surface area contributed by atoms with E-state index in [0.717, 1.165) is 19.3 Å². The van der Waals surface area contributed by atoms with Gasteiger partial charge < -0.3 is 5.73 Å². The van der Waals surface area contributed by atoms with Crippen molar-refractivity contribution in [3.8, 4) is 0 Å². The van der Waals surface area contributed by atoms with Gasteiger partial charge in [0.2, 0.25) is 0 Å². The van der Waals surface area contributed by atoms with Gasteiger partial charge in [-0.15, -0.1) is 6.58 Å². The van der Waals surface area contributed by atoms with Crippen molar-refractivity contribution in [2.24, 2.45) is 5.73 Å². The second kappa shape index (κ2) is 12.6. The fourth-order valence-corrected chi connectivity index (χ4v) is 1.48. The van der Waals surface area contributed by atoms with E-state index in [2.05, 4.69) is 6.58 Å².